The van der Waals surface area contributed by atoms with Crippen LogP contribution in [0.2, 0.25) is 0 Å². The van der Waals surface area contributed by atoms with Crippen LogP contribution in [0.15, 0.2) is 24.3 Å². The molecule has 19 heavy (non-hydrogen) atoms. The van der Waals surface area contributed by atoms with Crippen LogP contribution in [0.25, 0.3) is 0 Å². The fourth-order valence-electron chi connectivity index (χ4n) is 4.77. The van der Waals surface area contributed by atoms with E-state index in [0.717, 1.165) is 18.5 Å². The maximum Gasteiger partial charge on any atom is 0.115 e. The van der Waals surface area contributed by atoms with Gasteiger partial charge in [-0.05, 0) is 56.6 Å². The lowest BCUT2D eigenvalue weighted by molar-refractivity contribution is 0.000193. The first-order valence-corrected chi connectivity index (χ1v) is 7.47. The van der Waals surface area contributed by atoms with E-state index < -0.39 is 0 Å². The van der Waals surface area contributed by atoms with Gasteiger partial charge >= 0.3 is 0 Å². The van der Waals surface area contributed by atoms with Gasteiger partial charge in [-0.1, -0.05) is 12.1 Å². The van der Waals surface area contributed by atoms with Crippen LogP contribution in [-0.2, 0) is 0 Å². The zero-order chi connectivity index (χ0) is 13.0. The van der Waals surface area contributed by atoms with Gasteiger partial charge in [0.15, 0.2) is 0 Å². The normalized spacial score (nSPS) is 41.4. The SMILES string of the molecule is CN1C[C@@H](c2cccc(O)c2)[C@@H]2[C@H]1C1CCN2CC1. The molecule has 4 aliphatic rings. The molecule has 4 heterocycles. The summed E-state index contributed by atoms with van der Waals surface area (Å²) in [5, 5.41) is 9.74. The number of phenolic OH excluding ortho intramolecular Hbond substituents is 1. The standard InChI is InChI=1S/C16H22N2O/c1-17-10-14(12-3-2-4-13(19)9-12)16-15(17)11-5-7-18(16)8-6-11/h2-4,9,11,14-16,19H,5-8,10H2,1H3/t14-,15+,16+/m0/s1. The Hall–Kier alpha value is -1.06. The largest absolute Gasteiger partial charge is 0.508 e. The summed E-state index contributed by atoms with van der Waals surface area (Å²) in [5.41, 5.74) is 1.31. The lowest BCUT2D eigenvalue weighted by Crippen LogP contribution is -2.59. The zero-order valence-electron chi connectivity index (χ0n) is 11.5. The van der Waals surface area contributed by atoms with E-state index in [1.165, 1.54) is 31.5 Å². The van der Waals surface area contributed by atoms with Crippen molar-refractivity contribution >= 4 is 0 Å². The van der Waals surface area contributed by atoms with E-state index in [-0.39, 0.29) is 0 Å². The molecule has 0 aromatic heterocycles. The van der Waals surface area contributed by atoms with Gasteiger partial charge in [-0.15, -0.1) is 0 Å². The molecule has 0 aliphatic carbocycles. The highest BCUT2D eigenvalue weighted by molar-refractivity contribution is 5.33. The number of benzene rings is 1. The smallest absolute Gasteiger partial charge is 0.115 e. The fourth-order valence-corrected chi connectivity index (χ4v) is 4.77. The summed E-state index contributed by atoms with van der Waals surface area (Å²) in [4.78, 5) is 5.26. The quantitative estimate of drug-likeness (QED) is 0.833. The molecular weight excluding hydrogens is 236 g/mol. The lowest BCUT2D eigenvalue weighted by Gasteiger charge is -2.51. The Morgan fingerprint density at radius 2 is 1.95 bits per heavy atom. The van der Waals surface area contributed by atoms with E-state index in [4.69, 9.17) is 0 Å². The van der Waals surface area contributed by atoms with Crippen LogP contribution in [0.1, 0.15) is 24.3 Å². The molecule has 3 nitrogen and oxygen atoms in total. The molecule has 4 saturated heterocycles. The highest BCUT2D eigenvalue weighted by Crippen LogP contribution is 2.46. The van der Waals surface area contributed by atoms with Crippen LogP contribution in [-0.4, -0.2) is 53.7 Å². The molecule has 2 bridgehead atoms. The third kappa shape index (κ3) is 1.72. The van der Waals surface area contributed by atoms with Crippen molar-refractivity contribution in [1.82, 2.24) is 9.80 Å². The first kappa shape index (κ1) is 11.7. The van der Waals surface area contributed by atoms with Crippen molar-refractivity contribution in [2.24, 2.45) is 5.92 Å². The molecule has 4 fully saturated rings. The third-order valence-corrected chi connectivity index (χ3v) is 5.53. The van der Waals surface area contributed by atoms with Crippen molar-refractivity contribution in [3.8, 4) is 5.75 Å². The van der Waals surface area contributed by atoms with E-state index in [1.54, 1.807) is 6.07 Å². The number of hydrogen-bond acceptors (Lipinski definition) is 3. The Bertz CT molecular complexity index is 481. The maximum atomic E-state index is 9.74. The molecule has 102 valence electrons. The number of fused-ring (bicyclic) bond motifs is 2. The number of nitrogens with zero attached hydrogens (tertiary/aromatic N) is 2. The molecule has 0 spiro atoms. The van der Waals surface area contributed by atoms with E-state index in [0.29, 0.717) is 17.7 Å². The van der Waals surface area contributed by atoms with Gasteiger partial charge in [0, 0.05) is 24.5 Å². The molecule has 3 heteroatoms. The highest BCUT2D eigenvalue weighted by Gasteiger charge is 2.52. The molecule has 1 aromatic carbocycles. The number of aromatic hydroxyl groups is 1. The fraction of sp³-hybridized carbons (Fsp3) is 0.625. The molecule has 0 unspecified atom stereocenters. The van der Waals surface area contributed by atoms with Gasteiger partial charge < -0.3 is 10.0 Å². The van der Waals surface area contributed by atoms with Gasteiger partial charge in [-0.25, -0.2) is 0 Å². The lowest BCUT2D eigenvalue weighted by atomic mass is 9.75. The molecule has 0 amide bonds. The number of piperidine rings is 3. The summed E-state index contributed by atoms with van der Waals surface area (Å²) >= 11 is 0. The first-order valence-electron chi connectivity index (χ1n) is 7.47. The Balaban J connectivity index is 1.70. The average Bonchev–Trinajstić information content (AvgIpc) is 2.80. The van der Waals surface area contributed by atoms with Crippen LogP contribution in [0.5, 0.6) is 5.75 Å². The molecule has 1 aromatic rings. The number of phenols is 1. The Kier molecular flexibility index (Phi) is 2.61. The zero-order valence-corrected chi connectivity index (χ0v) is 11.5. The highest BCUT2D eigenvalue weighted by atomic mass is 16.3. The molecule has 0 radical (unpaired) electrons. The topological polar surface area (TPSA) is 26.7 Å². The van der Waals surface area contributed by atoms with Gasteiger partial charge in [0.1, 0.15) is 5.75 Å². The number of hydrogen-bond donors (Lipinski definition) is 1. The van der Waals surface area contributed by atoms with E-state index in [2.05, 4.69) is 22.9 Å². The number of likely N-dealkylation sites (N-methyl/N-ethyl adjacent to an activating group) is 1. The van der Waals surface area contributed by atoms with Crippen molar-refractivity contribution in [2.75, 3.05) is 26.7 Å². The molecule has 0 saturated carbocycles. The summed E-state index contributed by atoms with van der Waals surface area (Å²) in [5.74, 6) is 1.85. The van der Waals surface area contributed by atoms with Crippen molar-refractivity contribution < 1.29 is 5.11 Å². The summed E-state index contributed by atoms with van der Waals surface area (Å²) in [6.45, 7) is 3.68. The molecule has 5 rings (SSSR count). The molecule has 4 aliphatic heterocycles. The van der Waals surface area contributed by atoms with E-state index >= 15 is 0 Å². The van der Waals surface area contributed by atoms with Crippen molar-refractivity contribution in [1.29, 1.82) is 0 Å². The second kappa shape index (κ2) is 4.22. The minimum Gasteiger partial charge on any atom is -0.508 e. The van der Waals surface area contributed by atoms with Gasteiger partial charge in [0.25, 0.3) is 0 Å². The van der Waals surface area contributed by atoms with E-state index in [1.807, 2.05) is 12.1 Å². The third-order valence-electron chi connectivity index (χ3n) is 5.53. The Morgan fingerprint density at radius 1 is 1.16 bits per heavy atom. The minimum atomic E-state index is 0.402. The average molecular weight is 258 g/mol. The van der Waals surface area contributed by atoms with Gasteiger partial charge in [0.05, 0.1) is 0 Å². The van der Waals surface area contributed by atoms with Crippen LogP contribution in [0.3, 0.4) is 0 Å². The van der Waals surface area contributed by atoms with E-state index in [9.17, 15) is 5.11 Å². The summed E-state index contributed by atoms with van der Waals surface area (Å²) in [7, 11) is 2.28. The second-order valence-electron chi connectivity index (χ2n) is 6.50. The van der Waals surface area contributed by atoms with Crippen LogP contribution in [0.4, 0.5) is 0 Å². The predicted molar refractivity (Wildman–Crippen MR) is 75.4 cm³/mol. The number of likely N-dealkylation sites (tertiary alicyclic amines) is 1. The minimum absolute atomic E-state index is 0.402. The van der Waals surface area contributed by atoms with Crippen molar-refractivity contribution in [3.63, 3.8) is 0 Å². The maximum absolute atomic E-state index is 9.74. The summed E-state index contributed by atoms with van der Waals surface area (Å²) in [6, 6.07) is 9.30. The monoisotopic (exact) mass is 258 g/mol. The van der Waals surface area contributed by atoms with Crippen LogP contribution >= 0.6 is 0 Å². The molecular formula is C16H22N2O. The van der Waals surface area contributed by atoms with Gasteiger partial charge in [-0.3, -0.25) is 4.90 Å². The molecule has 1 N–H and O–H groups in total. The van der Waals surface area contributed by atoms with Crippen LogP contribution < -0.4 is 0 Å². The number of rotatable bonds is 1. The second-order valence-corrected chi connectivity index (χ2v) is 6.50. The van der Waals surface area contributed by atoms with Gasteiger partial charge in [0.2, 0.25) is 0 Å². The molecule has 3 atom stereocenters. The predicted octanol–water partition coefficient (Wildman–Crippen LogP) is 1.88. The van der Waals surface area contributed by atoms with Crippen LogP contribution in [0, 0.1) is 5.92 Å². The van der Waals surface area contributed by atoms with Crippen molar-refractivity contribution in [3.05, 3.63) is 29.8 Å². The van der Waals surface area contributed by atoms with Crippen molar-refractivity contribution in [2.45, 2.75) is 30.8 Å². The summed E-state index contributed by atoms with van der Waals surface area (Å²) in [6.07, 6.45) is 2.75. The summed E-state index contributed by atoms with van der Waals surface area (Å²) < 4.78 is 0. The first-order chi connectivity index (χ1) is 9.24. The Morgan fingerprint density at radius 3 is 2.68 bits per heavy atom. The van der Waals surface area contributed by atoms with Gasteiger partial charge in [-0.2, -0.15) is 0 Å². The Labute approximate surface area is 114 Å².